The number of fused-ring (bicyclic) bond motifs is 2. The van der Waals surface area contributed by atoms with E-state index in [1.165, 1.54) is 19.4 Å². The maximum Gasteiger partial charge on any atom is 0.351 e. The highest BCUT2D eigenvalue weighted by molar-refractivity contribution is 6.02. The van der Waals surface area contributed by atoms with Crippen molar-refractivity contribution in [2.45, 2.75) is 0 Å². The molecule has 0 atom stereocenters. The van der Waals surface area contributed by atoms with Gasteiger partial charge >= 0.3 is 11.6 Å². The van der Waals surface area contributed by atoms with Gasteiger partial charge in [-0.1, -0.05) is 0 Å². The molecule has 0 saturated carbocycles. The number of furan rings is 1. The molecule has 0 radical (unpaired) electrons. The van der Waals surface area contributed by atoms with E-state index in [9.17, 15) is 9.59 Å². The summed E-state index contributed by atoms with van der Waals surface area (Å²) in [6.07, 6.45) is 1.47. The molecule has 19 heavy (non-hydrogen) atoms. The molecule has 3 aromatic rings. The first-order valence-corrected chi connectivity index (χ1v) is 5.37. The van der Waals surface area contributed by atoms with E-state index in [1.54, 1.807) is 12.1 Å². The Morgan fingerprint density at radius 1 is 1.26 bits per heavy atom. The van der Waals surface area contributed by atoms with Gasteiger partial charge in [0, 0.05) is 10.8 Å². The van der Waals surface area contributed by atoms with Crippen LogP contribution in [0.4, 0.5) is 0 Å². The van der Waals surface area contributed by atoms with E-state index in [0.717, 1.165) is 5.39 Å². The van der Waals surface area contributed by atoms with Crippen LogP contribution in [-0.2, 0) is 0 Å². The molecule has 1 N–H and O–H groups in total. The molecule has 0 aliphatic carbocycles. The van der Waals surface area contributed by atoms with Crippen LogP contribution in [0.1, 0.15) is 10.4 Å². The fraction of sp³-hybridized carbons (Fsp3) is 0.0769. The summed E-state index contributed by atoms with van der Waals surface area (Å²) in [4.78, 5) is 22.5. The summed E-state index contributed by atoms with van der Waals surface area (Å²) < 4.78 is 15.5. The summed E-state index contributed by atoms with van der Waals surface area (Å²) in [6, 6.07) is 4.65. The number of benzene rings is 1. The van der Waals surface area contributed by atoms with Crippen molar-refractivity contribution in [1.29, 1.82) is 0 Å². The third kappa shape index (κ3) is 1.57. The molecule has 96 valence electrons. The van der Waals surface area contributed by atoms with E-state index < -0.39 is 17.2 Å². The molecule has 0 unspecified atom stereocenters. The molecule has 6 nitrogen and oxygen atoms in total. The van der Waals surface area contributed by atoms with Crippen molar-refractivity contribution >= 4 is 27.9 Å². The van der Waals surface area contributed by atoms with Gasteiger partial charge in [-0.05, 0) is 18.2 Å². The van der Waals surface area contributed by atoms with Gasteiger partial charge in [-0.25, -0.2) is 9.59 Å². The molecule has 0 spiro atoms. The Morgan fingerprint density at radius 3 is 2.74 bits per heavy atom. The lowest BCUT2D eigenvalue weighted by atomic mass is 10.1. The zero-order valence-corrected chi connectivity index (χ0v) is 9.80. The van der Waals surface area contributed by atoms with Gasteiger partial charge in [-0.15, -0.1) is 0 Å². The Morgan fingerprint density at radius 2 is 2.05 bits per heavy atom. The molecular weight excluding hydrogens is 252 g/mol. The molecule has 2 heterocycles. The van der Waals surface area contributed by atoms with Crippen LogP contribution in [-0.4, -0.2) is 18.2 Å². The van der Waals surface area contributed by atoms with E-state index >= 15 is 0 Å². The molecule has 0 saturated heterocycles. The highest BCUT2D eigenvalue weighted by Gasteiger charge is 2.18. The number of carboxylic acids is 1. The fourth-order valence-electron chi connectivity index (χ4n) is 1.99. The first-order chi connectivity index (χ1) is 9.11. The van der Waals surface area contributed by atoms with Gasteiger partial charge in [0.25, 0.3) is 0 Å². The predicted molar refractivity (Wildman–Crippen MR) is 65.8 cm³/mol. The number of hydrogen-bond acceptors (Lipinski definition) is 5. The normalized spacial score (nSPS) is 11.0. The lowest BCUT2D eigenvalue weighted by Crippen LogP contribution is -2.13. The third-order valence-corrected chi connectivity index (χ3v) is 2.83. The van der Waals surface area contributed by atoms with Crippen LogP contribution >= 0.6 is 0 Å². The Bertz CT molecular complexity index is 855. The summed E-state index contributed by atoms with van der Waals surface area (Å²) in [5.41, 5.74) is -0.734. The first-order valence-electron chi connectivity index (χ1n) is 5.37. The van der Waals surface area contributed by atoms with Crippen molar-refractivity contribution in [1.82, 2.24) is 0 Å². The van der Waals surface area contributed by atoms with Crippen LogP contribution in [0.3, 0.4) is 0 Å². The number of carboxylic acid groups (broad SMARTS) is 1. The molecule has 1 aromatic carbocycles. The van der Waals surface area contributed by atoms with Gasteiger partial charge in [-0.3, -0.25) is 0 Å². The van der Waals surface area contributed by atoms with E-state index in [2.05, 4.69) is 0 Å². The van der Waals surface area contributed by atoms with Crippen LogP contribution in [0.25, 0.3) is 21.9 Å². The minimum atomic E-state index is -1.33. The average molecular weight is 260 g/mol. The van der Waals surface area contributed by atoms with Crippen molar-refractivity contribution in [2.24, 2.45) is 0 Å². The second kappa shape index (κ2) is 3.88. The molecule has 0 bridgehead atoms. The Hall–Kier alpha value is -2.76. The minimum absolute atomic E-state index is 0.167. The summed E-state index contributed by atoms with van der Waals surface area (Å²) in [7, 11) is 1.42. The fourth-order valence-corrected chi connectivity index (χ4v) is 1.99. The van der Waals surface area contributed by atoms with Crippen molar-refractivity contribution < 1.29 is 23.5 Å². The summed E-state index contributed by atoms with van der Waals surface area (Å²) in [6.45, 7) is 0. The van der Waals surface area contributed by atoms with Gasteiger partial charge in [0.15, 0.2) is 11.2 Å². The number of ether oxygens (including phenoxy) is 1. The van der Waals surface area contributed by atoms with Crippen molar-refractivity contribution in [3.63, 3.8) is 0 Å². The number of methoxy groups -OCH3 is 1. The van der Waals surface area contributed by atoms with Crippen molar-refractivity contribution in [3.8, 4) is 5.75 Å². The minimum Gasteiger partial charge on any atom is -0.490 e. The number of hydrogen-bond donors (Lipinski definition) is 1. The molecular formula is C13H8O6. The standard InChI is InChI=1S/C13H8O6/c1-17-11-9-6(2-3-18-9)4-7-5-8(12(14)15)13(16)19-10(7)11/h2-5H,1H3,(H,14,15). The molecule has 2 aromatic heterocycles. The topological polar surface area (TPSA) is 89.9 Å². The number of carbonyl (C=O) groups is 1. The van der Waals surface area contributed by atoms with Gasteiger partial charge in [0.05, 0.1) is 13.4 Å². The van der Waals surface area contributed by atoms with Gasteiger partial charge in [0.2, 0.25) is 5.75 Å². The van der Waals surface area contributed by atoms with E-state index in [1.807, 2.05) is 0 Å². The van der Waals surface area contributed by atoms with Crippen LogP contribution < -0.4 is 10.4 Å². The van der Waals surface area contributed by atoms with E-state index in [-0.39, 0.29) is 11.3 Å². The lowest BCUT2D eigenvalue weighted by Gasteiger charge is -2.05. The maximum atomic E-state index is 11.6. The molecule has 6 heteroatoms. The lowest BCUT2D eigenvalue weighted by molar-refractivity contribution is 0.0692. The smallest absolute Gasteiger partial charge is 0.351 e. The van der Waals surface area contributed by atoms with Crippen molar-refractivity contribution in [3.05, 3.63) is 40.4 Å². The second-order valence-corrected chi connectivity index (χ2v) is 3.92. The van der Waals surface area contributed by atoms with Crippen LogP contribution in [0.2, 0.25) is 0 Å². The van der Waals surface area contributed by atoms with E-state index in [0.29, 0.717) is 11.0 Å². The maximum absolute atomic E-state index is 11.6. The van der Waals surface area contributed by atoms with Crippen LogP contribution in [0.15, 0.2) is 38.1 Å². The summed E-state index contributed by atoms with van der Waals surface area (Å²) >= 11 is 0. The molecule has 3 rings (SSSR count). The van der Waals surface area contributed by atoms with Crippen LogP contribution in [0, 0.1) is 0 Å². The van der Waals surface area contributed by atoms with Gasteiger partial charge < -0.3 is 18.7 Å². The van der Waals surface area contributed by atoms with Crippen LogP contribution in [0.5, 0.6) is 5.75 Å². The number of aromatic carboxylic acids is 1. The number of rotatable bonds is 2. The highest BCUT2D eigenvalue weighted by Crippen LogP contribution is 2.34. The average Bonchev–Trinajstić information content (AvgIpc) is 2.82. The molecule has 0 fully saturated rings. The SMILES string of the molecule is COc1c2occc2cc2cc(C(=O)O)c(=O)oc12. The zero-order chi connectivity index (χ0) is 13.6. The molecule has 0 aliphatic rings. The van der Waals surface area contributed by atoms with Crippen molar-refractivity contribution in [2.75, 3.05) is 7.11 Å². The van der Waals surface area contributed by atoms with Gasteiger partial charge in [-0.2, -0.15) is 0 Å². The Labute approximate surface area is 105 Å². The summed E-state index contributed by atoms with van der Waals surface area (Å²) in [5.74, 6) is -1.06. The Kier molecular flexibility index (Phi) is 2.31. The zero-order valence-electron chi connectivity index (χ0n) is 9.80. The summed E-state index contributed by atoms with van der Waals surface area (Å²) in [5, 5.41) is 10.1. The molecule has 0 aliphatic heterocycles. The van der Waals surface area contributed by atoms with E-state index in [4.69, 9.17) is 18.7 Å². The largest absolute Gasteiger partial charge is 0.490 e. The second-order valence-electron chi connectivity index (χ2n) is 3.92. The third-order valence-electron chi connectivity index (χ3n) is 2.83. The first kappa shape index (κ1) is 11.3. The van der Waals surface area contributed by atoms with Gasteiger partial charge in [0.1, 0.15) is 5.56 Å². The monoisotopic (exact) mass is 260 g/mol. The predicted octanol–water partition coefficient (Wildman–Crippen LogP) is 2.25. The highest BCUT2D eigenvalue weighted by atomic mass is 16.5. The Balaban J connectivity index is 2.51. The quantitative estimate of drug-likeness (QED) is 0.710. The molecule has 0 amide bonds.